The highest BCUT2D eigenvalue weighted by Gasteiger charge is 2.54. The fourth-order valence-electron chi connectivity index (χ4n) is 5.20. The van der Waals surface area contributed by atoms with Crippen LogP contribution in [0.15, 0.2) is 65.8 Å². The highest BCUT2D eigenvalue weighted by Crippen LogP contribution is 2.55. The summed E-state index contributed by atoms with van der Waals surface area (Å²) in [5.74, 6) is 0.158. The van der Waals surface area contributed by atoms with E-state index in [1.165, 1.54) is 5.57 Å². The van der Waals surface area contributed by atoms with E-state index in [-0.39, 0.29) is 11.8 Å². The number of carbonyl (C=O) groups is 2. The molecule has 5 rings (SSSR count). The van der Waals surface area contributed by atoms with Crippen molar-refractivity contribution >= 4 is 17.3 Å². The summed E-state index contributed by atoms with van der Waals surface area (Å²) < 4.78 is 12.8. The number of ketones is 2. The number of carbonyl (C=O) groups excluding carboxylic acids is 2. The zero-order valence-corrected chi connectivity index (χ0v) is 18.1. The molecule has 0 radical (unpaired) electrons. The van der Waals surface area contributed by atoms with Gasteiger partial charge in [-0.1, -0.05) is 54.1 Å². The standard InChI is InChI=1S/C27H26O4/c1-16(2)9-8-14-27(3)20-15-30-21-13-7-6-12-19(21)22(20)23-25(29)24(28)17-10-4-5-11-18(17)26(23)31-27/h4-7,9-13,20,22H,8,14-15H2,1-3H3/t20-,22+,27+/m0/s1. The number of Topliss-reactive ketones (excluding diaryl/α,β-unsaturated/α-hetero) is 2. The number of hydrogen-bond donors (Lipinski definition) is 0. The van der Waals surface area contributed by atoms with Gasteiger partial charge in [0.05, 0.1) is 12.2 Å². The van der Waals surface area contributed by atoms with Crippen molar-refractivity contribution in [3.8, 4) is 5.75 Å². The first-order chi connectivity index (χ1) is 14.9. The van der Waals surface area contributed by atoms with Gasteiger partial charge in [-0.25, -0.2) is 0 Å². The Kier molecular flexibility index (Phi) is 4.62. The zero-order chi connectivity index (χ0) is 21.8. The van der Waals surface area contributed by atoms with Gasteiger partial charge in [-0.2, -0.15) is 0 Å². The lowest BCUT2D eigenvalue weighted by Crippen LogP contribution is -2.51. The number of ether oxygens (including phenoxy) is 2. The van der Waals surface area contributed by atoms with Crippen LogP contribution >= 0.6 is 0 Å². The van der Waals surface area contributed by atoms with E-state index in [1.54, 1.807) is 12.1 Å². The number of rotatable bonds is 3. The number of benzene rings is 2. The van der Waals surface area contributed by atoms with E-state index in [2.05, 4.69) is 26.8 Å². The van der Waals surface area contributed by atoms with Gasteiger partial charge in [0.2, 0.25) is 11.6 Å². The smallest absolute Gasteiger partial charge is 0.234 e. The molecule has 158 valence electrons. The molecule has 2 aromatic rings. The molecule has 0 saturated carbocycles. The Bertz CT molecular complexity index is 1150. The van der Waals surface area contributed by atoms with Crippen molar-refractivity contribution in [1.29, 1.82) is 0 Å². The van der Waals surface area contributed by atoms with Gasteiger partial charge in [0.15, 0.2) is 0 Å². The summed E-state index contributed by atoms with van der Waals surface area (Å²) in [7, 11) is 0. The predicted molar refractivity (Wildman–Crippen MR) is 119 cm³/mol. The molecule has 1 aliphatic carbocycles. The van der Waals surface area contributed by atoms with Crippen molar-refractivity contribution < 1.29 is 19.1 Å². The van der Waals surface area contributed by atoms with Crippen molar-refractivity contribution in [2.75, 3.05) is 6.61 Å². The first kappa shape index (κ1) is 19.8. The lowest BCUT2D eigenvalue weighted by atomic mass is 9.65. The van der Waals surface area contributed by atoms with E-state index >= 15 is 0 Å². The Balaban J connectivity index is 1.72. The third-order valence-corrected chi connectivity index (χ3v) is 6.81. The van der Waals surface area contributed by atoms with E-state index in [0.717, 1.165) is 29.7 Å². The van der Waals surface area contributed by atoms with Gasteiger partial charge in [-0.15, -0.1) is 0 Å². The van der Waals surface area contributed by atoms with Crippen molar-refractivity contribution in [2.24, 2.45) is 5.92 Å². The molecule has 0 spiro atoms. The fraction of sp³-hybridized carbons (Fsp3) is 0.333. The van der Waals surface area contributed by atoms with Gasteiger partial charge in [0.1, 0.15) is 17.1 Å². The average molecular weight is 415 g/mol. The summed E-state index contributed by atoms with van der Waals surface area (Å²) in [4.78, 5) is 26.4. The van der Waals surface area contributed by atoms with E-state index in [9.17, 15) is 9.59 Å². The molecule has 0 fully saturated rings. The van der Waals surface area contributed by atoms with Crippen LogP contribution in [-0.2, 0) is 9.53 Å². The van der Waals surface area contributed by atoms with Gasteiger partial charge < -0.3 is 9.47 Å². The monoisotopic (exact) mass is 414 g/mol. The maximum atomic E-state index is 13.4. The third kappa shape index (κ3) is 3.04. The molecular weight excluding hydrogens is 388 g/mol. The van der Waals surface area contributed by atoms with Crippen LogP contribution in [-0.4, -0.2) is 23.8 Å². The van der Waals surface area contributed by atoms with E-state index in [0.29, 0.717) is 23.5 Å². The van der Waals surface area contributed by atoms with E-state index < -0.39 is 17.2 Å². The highest BCUT2D eigenvalue weighted by molar-refractivity contribution is 6.52. The Hall–Kier alpha value is -3.14. The van der Waals surface area contributed by atoms with Crippen molar-refractivity contribution in [3.05, 3.63) is 82.4 Å². The summed E-state index contributed by atoms with van der Waals surface area (Å²) >= 11 is 0. The maximum absolute atomic E-state index is 13.4. The summed E-state index contributed by atoms with van der Waals surface area (Å²) in [5, 5.41) is 0. The quantitative estimate of drug-likeness (QED) is 0.492. The minimum Gasteiger partial charge on any atom is -0.493 e. The summed E-state index contributed by atoms with van der Waals surface area (Å²) in [6.45, 7) is 6.76. The second kappa shape index (κ2) is 7.23. The topological polar surface area (TPSA) is 52.6 Å². The molecular formula is C27H26O4. The van der Waals surface area contributed by atoms with Crippen molar-refractivity contribution in [1.82, 2.24) is 0 Å². The molecule has 2 aromatic carbocycles. The maximum Gasteiger partial charge on any atom is 0.234 e. The van der Waals surface area contributed by atoms with Crippen LogP contribution in [0.3, 0.4) is 0 Å². The van der Waals surface area contributed by atoms with Gasteiger partial charge in [-0.05, 0) is 39.7 Å². The molecule has 0 saturated heterocycles. The van der Waals surface area contributed by atoms with Crippen LogP contribution in [0.1, 0.15) is 61.0 Å². The fourth-order valence-corrected chi connectivity index (χ4v) is 5.20. The molecule has 0 aromatic heterocycles. The van der Waals surface area contributed by atoms with E-state index in [1.807, 2.05) is 36.4 Å². The molecule has 2 aliphatic heterocycles. The van der Waals surface area contributed by atoms with Crippen molar-refractivity contribution in [2.45, 2.75) is 45.1 Å². The molecule has 4 nitrogen and oxygen atoms in total. The zero-order valence-electron chi connectivity index (χ0n) is 18.1. The molecule has 0 bridgehead atoms. The third-order valence-electron chi connectivity index (χ3n) is 6.81. The number of hydrogen-bond acceptors (Lipinski definition) is 4. The van der Waals surface area contributed by atoms with Crippen LogP contribution < -0.4 is 4.74 Å². The number of para-hydroxylation sites is 1. The highest BCUT2D eigenvalue weighted by atomic mass is 16.5. The Morgan fingerprint density at radius 1 is 1.03 bits per heavy atom. The van der Waals surface area contributed by atoms with Gasteiger partial charge >= 0.3 is 0 Å². The second-order valence-electron chi connectivity index (χ2n) is 9.11. The Morgan fingerprint density at radius 3 is 2.52 bits per heavy atom. The molecule has 2 heterocycles. The summed E-state index contributed by atoms with van der Waals surface area (Å²) in [5.41, 5.74) is 3.34. The van der Waals surface area contributed by atoms with Crippen LogP contribution in [0.25, 0.3) is 5.76 Å². The molecule has 0 unspecified atom stereocenters. The van der Waals surface area contributed by atoms with Gasteiger partial charge in [0.25, 0.3) is 0 Å². The first-order valence-corrected chi connectivity index (χ1v) is 10.9. The van der Waals surface area contributed by atoms with Crippen LogP contribution in [0.4, 0.5) is 0 Å². The molecule has 4 heteroatoms. The largest absolute Gasteiger partial charge is 0.493 e. The molecule has 3 atom stereocenters. The molecule has 3 aliphatic rings. The lowest BCUT2D eigenvalue weighted by molar-refractivity contribution is -0.114. The van der Waals surface area contributed by atoms with E-state index in [4.69, 9.17) is 9.47 Å². The average Bonchev–Trinajstić information content (AvgIpc) is 2.77. The lowest BCUT2D eigenvalue weighted by Gasteiger charge is -2.50. The number of allylic oxidation sites excluding steroid dienone is 3. The number of fused-ring (bicyclic) bond motifs is 6. The molecule has 0 amide bonds. The second-order valence-corrected chi connectivity index (χ2v) is 9.11. The van der Waals surface area contributed by atoms with Crippen LogP contribution in [0.2, 0.25) is 0 Å². The normalized spacial score (nSPS) is 26.0. The summed E-state index contributed by atoms with van der Waals surface area (Å²) in [6.07, 6.45) is 3.89. The predicted octanol–water partition coefficient (Wildman–Crippen LogP) is 5.49. The SMILES string of the molecule is CC(C)=CCC[C@@]1(C)OC2=C(C(=O)C(=O)c3ccccc32)[C@@H]2c3ccccc3OC[C@@H]21. The first-order valence-electron chi connectivity index (χ1n) is 10.9. The van der Waals surface area contributed by atoms with Gasteiger partial charge in [0, 0.05) is 28.5 Å². The van der Waals surface area contributed by atoms with Crippen molar-refractivity contribution in [3.63, 3.8) is 0 Å². The Labute approximate surface area is 182 Å². The molecule has 0 N–H and O–H groups in total. The Morgan fingerprint density at radius 2 is 1.74 bits per heavy atom. The minimum absolute atomic E-state index is 0.0614. The van der Waals surface area contributed by atoms with Crippen LogP contribution in [0.5, 0.6) is 5.75 Å². The van der Waals surface area contributed by atoms with Gasteiger partial charge in [-0.3, -0.25) is 9.59 Å². The summed E-state index contributed by atoms with van der Waals surface area (Å²) in [6, 6.07) is 15.1. The minimum atomic E-state index is -0.531. The molecule has 31 heavy (non-hydrogen) atoms. The van der Waals surface area contributed by atoms with Crippen LogP contribution in [0, 0.1) is 5.92 Å².